The van der Waals surface area contributed by atoms with Crippen molar-refractivity contribution >= 4 is 21.6 Å². The zero-order valence-corrected chi connectivity index (χ0v) is 15.2. The maximum absolute atomic E-state index is 5.89. The molecule has 0 amide bonds. The Bertz CT molecular complexity index is 785. The molecule has 0 spiro atoms. The molecule has 2 nitrogen and oxygen atoms in total. The molecule has 0 saturated heterocycles. The number of hydrogen-bond donors (Lipinski definition) is 1. The first-order valence-electron chi connectivity index (χ1n) is 7.96. The summed E-state index contributed by atoms with van der Waals surface area (Å²) in [5.41, 5.74) is 4.76. The van der Waals surface area contributed by atoms with E-state index in [1.807, 2.05) is 24.3 Å². The van der Waals surface area contributed by atoms with Crippen LogP contribution >= 0.6 is 15.9 Å². The molecule has 0 radical (unpaired) electrons. The van der Waals surface area contributed by atoms with Gasteiger partial charge in [0.05, 0.1) is 4.47 Å². The van der Waals surface area contributed by atoms with Gasteiger partial charge in [-0.1, -0.05) is 54.1 Å². The predicted octanol–water partition coefficient (Wildman–Crippen LogP) is 5.95. The summed E-state index contributed by atoms with van der Waals surface area (Å²) in [6.45, 7) is 3.44. The van der Waals surface area contributed by atoms with E-state index >= 15 is 0 Å². The van der Waals surface area contributed by atoms with Crippen LogP contribution in [0.2, 0.25) is 0 Å². The molecule has 0 unspecified atom stereocenters. The van der Waals surface area contributed by atoms with E-state index in [1.165, 1.54) is 11.1 Å². The number of benzene rings is 3. The largest absolute Gasteiger partial charge is 0.488 e. The molecule has 0 aliphatic carbocycles. The molecule has 3 rings (SSSR count). The van der Waals surface area contributed by atoms with Crippen molar-refractivity contribution in [1.82, 2.24) is 0 Å². The second-order valence-electron chi connectivity index (χ2n) is 5.76. The molecule has 3 aromatic carbocycles. The average molecular weight is 382 g/mol. The van der Waals surface area contributed by atoms with Crippen molar-refractivity contribution < 1.29 is 4.74 Å². The molecule has 0 heterocycles. The van der Waals surface area contributed by atoms with Gasteiger partial charge >= 0.3 is 0 Å². The fraction of sp³-hybridized carbons (Fsp3) is 0.143. The van der Waals surface area contributed by atoms with E-state index in [2.05, 4.69) is 76.7 Å². The summed E-state index contributed by atoms with van der Waals surface area (Å²) in [7, 11) is 0. The fourth-order valence-electron chi connectivity index (χ4n) is 2.38. The smallest absolute Gasteiger partial charge is 0.134 e. The van der Waals surface area contributed by atoms with Gasteiger partial charge in [-0.25, -0.2) is 0 Å². The lowest BCUT2D eigenvalue weighted by Crippen LogP contribution is -2.00. The molecular weight excluding hydrogens is 362 g/mol. The van der Waals surface area contributed by atoms with Gasteiger partial charge in [0.1, 0.15) is 12.4 Å². The van der Waals surface area contributed by atoms with Crippen molar-refractivity contribution in [3.63, 3.8) is 0 Å². The summed E-state index contributed by atoms with van der Waals surface area (Å²) >= 11 is 3.60. The number of hydrogen-bond acceptors (Lipinski definition) is 2. The van der Waals surface area contributed by atoms with Gasteiger partial charge in [0.2, 0.25) is 0 Å². The van der Waals surface area contributed by atoms with Crippen LogP contribution in [0, 0.1) is 6.92 Å². The Hall–Kier alpha value is -2.26. The summed E-state index contributed by atoms with van der Waals surface area (Å²) < 4.78 is 6.86. The van der Waals surface area contributed by atoms with Gasteiger partial charge in [0.25, 0.3) is 0 Å². The van der Waals surface area contributed by atoms with E-state index in [9.17, 15) is 0 Å². The fourth-order valence-corrected chi connectivity index (χ4v) is 2.92. The lowest BCUT2D eigenvalue weighted by molar-refractivity contribution is 0.304. The van der Waals surface area contributed by atoms with Crippen LogP contribution in [0.15, 0.2) is 77.3 Å². The minimum atomic E-state index is 0.570. The third-order valence-corrected chi connectivity index (χ3v) is 4.40. The summed E-state index contributed by atoms with van der Waals surface area (Å²) in [6.07, 6.45) is 0. The van der Waals surface area contributed by atoms with Crippen LogP contribution in [-0.4, -0.2) is 0 Å². The van der Waals surface area contributed by atoms with Crippen molar-refractivity contribution in [2.75, 3.05) is 5.32 Å². The Morgan fingerprint density at radius 1 is 0.875 bits per heavy atom. The van der Waals surface area contributed by atoms with Gasteiger partial charge in [0, 0.05) is 12.2 Å². The molecule has 0 aliphatic heterocycles. The molecule has 0 fully saturated rings. The van der Waals surface area contributed by atoms with Gasteiger partial charge < -0.3 is 10.1 Å². The highest BCUT2D eigenvalue weighted by atomic mass is 79.9. The SMILES string of the molecule is Cc1ccc(NCc2ccc(OCc3ccccc3)c(Br)c2)cc1. The maximum Gasteiger partial charge on any atom is 0.134 e. The molecule has 0 bridgehead atoms. The van der Waals surface area contributed by atoms with Crippen molar-refractivity contribution in [2.45, 2.75) is 20.1 Å². The second kappa shape index (κ2) is 8.02. The van der Waals surface area contributed by atoms with E-state index in [0.29, 0.717) is 6.61 Å². The van der Waals surface area contributed by atoms with E-state index in [4.69, 9.17) is 4.74 Å². The standard InChI is InChI=1S/C21H20BrNO/c1-16-7-10-19(11-8-16)23-14-18-9-12-21(20(22)13-18)24-15-17-5-3-2-4-6-17/h2-13,23H,14-15H2,1H3. The van der Waals surface area contributed by atoms with Gasteiger partial charge in [0.15, 0.2) is 0 Å². The number of nitrogens with one attached hydrogen (secondary N) is 1. The molecule has 24 heavy (non-hydrogen) atoms. The second-order valence-corrected chi connectivity index (χ2v) is 6.61. The monoisotopic (exact) mass is 381 g/mol. The lowest BCUT2D eigenvalue weighted by Gasteiger charge is -2.11. The van der Waals surface area contributed by atoms with Gasteiger partial charge in [-0.15, -0.1) is 0 Å². The average Bonchev–Trinajstić information content (AvgIpc) is 2.61. The quantitative estimate of drug-likeness (QED) is 0.569. The Labute approximate surface area is 151 Å². The number of halogens is 1. The summed E-state index contributed by atoms with van der Waals surface area (Å²) in [5, 5.41) is 3.43. The number of rotatable bonds is 6. The van der Waals surface area contributed by atoms with E-state index in [-0.39, 0.29) is 0 Å². The normalized spacial score (nSPS) is 10.4. The number of aryl methyl sites for hydroxylation is 1. The maximum atomic E-state index is 5.89. The van der Waals surface area contributed by atoms with Crippen LogP contribution in [0.1, 0.15) is 16.7 Å². The molecule has 0 aromatic heterocycles. The van der Waals surface area contributed by atoms with E-state index in [0.717, 1.165) is 28.0 Å². The number of ether oxygens (including phenoxy) is 1. The van der Waals surface area contributed by atoms with Crippen LogP contribution in [0.5, 0.6) is 5.75 Å². The third kappa shape index (κ3) is 4.62. The minimum absolute atomic E-state index is 0.570. The van der Waals surface area contributed by atoms with Gasteiger partial charge in [-0.3, -0.25) is 0 Å². The molecule has 0 atom stereocenters. The van der Waals surface area contributed by atoms with Crippen molar-refractivity contribution in [3.8, 4) is 5.75 Å². The lowest BCUT2D eigenvalue weighted by atomic mass is 10.2. The van der Waals surface area contributed by atoms with Crippen LogP contribution in [0.3, 0.4) is 0 Å². The van der Waals surface area contributed by atoms with Crippen LogP contribution < -0.4 is 10.1 Å². The molecule has 0 aliphatic rings. The summed E-state index contributed by atoms with van der Waals surface area (Å²) in [6, 6.07) is 24.8. The van der Waals surface area contributed by atoms with E-state index in [1.54, 1.807) is 0 Å². The topological polar surface area (TPSA) is 21.3 Å². The van der Waals surface area contributed by atoms with Crippen LogP contribution in [0.4, 0.5) is 5.69 Å². The Morgan fingerprint density at radius 2 is 1.62 bits per heavy atom. The van der Waals surface area contributed by atoms with Gasteiger partial charge in [-0.05, 0) is 58.2 Å². The Kier molecular flexibility index (Phi) is 5.55. The molecule has 3 aromatic rings. The third-order valence-electron chi connectivity index (χ3n) is 3.78. The van der Waals surface area contributed by atoms with Crippen LogP contribution in [0.25, 0.3) is 0 Å². The first-order chi connectivity index (χ1) is 11.7. The highest BCUT2D eigenvalue weighted by Crippen LogP contribution is 2.27. The zero-order chi connectivity index (χ0) is 16.8. The highest BCUT2D eigenvalue weighted by molar-refractivity contribution is 9.10. The molecule has 0 saturated carbocycles. The summed E-state index contributed by atoms with van der Waals surface area (Å²) in [4.78, 5) is 0. The molecule has 1 N–H and O–H groups in total. The Balaban J connectivity index is 1.58. The van der Waals surface area contributed by atoms with Crippen molar-refractivity contribution in [2.24, 2.45) is 0 Å². The first kappa shape index (κ1) is 16.6. The zero-order valence-electron chi connectivity index (χ0n) is 13.6. The molecular formula is C21H20BrNO. The Morgan fingerprint density at radius 3 is 2.33 bits per heavy atom. The summed E-state index contributed by atoms with van der Waals surface area (Å²) in [5.74, 6) is 0.859. The number of anilines is 1. The van der Waals surface area contributed by atoms with Crippen LogP contribution in [-0.2, 0) is 13.2 Å². The first-order valence-corrected chi connectivity index (χ1v) is 8.76. The van der Waals surface area contributed by atoms with Crippen molar-refractivity contribution in [1.29, 1.82) is 0 Å². The van der Waals surface area contributed by atoms with E-state index < -0.39 is 0 Å². The van der Waals surface area contributed by atoms with Gasteiger partial charge in [-0.2, -0.15) is 0 Å². The minimum Gasteiger partial charge on any atom is -0.488 e. The van der Waals surface area contributed by atoms with Crippen molar-refractivity contribution in [3.05, 3.63) is 94.0 Å². The predicted molar refractivity (Wildman–Crippen MR) is 103 cm³/mol. The molecule has 3 heteroatoms. The molecule has 122 valence electrons. The highest BCUT2D eigenvalue weighted by Gasteiger charge is 2.04.